The van der Waals surface area contributed by atoms with E-state index in [1.54, 1.807) is 0 Å². The van der Waals surface area contributed by atoms with Gasteiger partial charge < -0.3 is 4.90 Å². The Kier molecular flexibility index (Phi) is 4.46. The molecule has 1 saturated heterocycles. The predicted octanol–water partition coefficient (Wildman–Crippen LogP) is 1.62. The summed E-state index contributed by atoms with van der Waals surface area (Å²) in [5.41, 5.74) is 1.41. The molecule has 1 fully saturated rings. The van der Waals surface area contributed by atoms with Gasteiger partial charge in [0.25, 0.3) is 0 Å². The lowest BCUT2D eigenvalue weighted by Crippen LogP contribution is -2.49. The van der Waals surface area contributed by atoms with Crippen LogP contribution in [0.3, 0.4) is 0 Å². The standard InChI is InChI=1S/C16H22N4/c1-2-5-16(6-3-1)13-18-9-11-19(12-10-18)15-20-8-4-7-17-14-20/h1-7,14H,8-13,15H2. The topological polar surface area (TPSA) is 22.1 Å². The molecule has 106 valence electrons. The fourth-order valence-electron chi connectivity index (χ4n) is 2.70. The van der Waals surface area contributed by atoms with Crippen molar-refractivity contribution in [1.29, 1.82) is 0 Å². The van der Waals surface area contributed by atoms with E-state index >= 15 is 0 Å². The van der Waals surface area contributed by atoms with Crippen LogP contribution in [-0.2, 0) is 6.54 Å². The highest BCUT2D eigenvalue weighted by Crippen LogP contribution is 2.09. The minimum absolute atomic E-state index is 0.980. The molecule has 2 aliphatic heterocycles. The van der Waals surface area contributed by atoms with Gasteiger partial charge in [0.2, 0.25) is 0 Å². The Morgan fingerprint density at radius 2 is 1.70 bits per heavy atom. The van der Waals surface area contributed by atoms with Crippen LogP contribution >= 0.6 is 0 Å². The molecule has 4 heteroatoms. The van der Waals surface area contributed by atoms with Crippen LogP contribution in [0, 0.1) is 0 Å². The third kappa shape index (κ3) is 3.68. The molecule has 0 N–H and O–H groups in total. The first-order valence-corrected chi connectivity index (χ1v) is 7.31. The highest BCUT2D eigenvalue weighted by Gasteiger charge is 2.18. The molecule has 0 bridgehead atoms. The van der Waals surface area contributed by atoms with Gasteiger partial charge >= 0.3 is 0 Å². The summed E-state index contributed by atoms with van der Waals surface area (Å²) >= 11 is 0. The fourth-order valence-corrected chi connectivity index (χ4v) is 2.70. The van der Waals surface area contributed by atoms with Crippen LogP contribution in [-0.4, -0.2) is 60.4 Å². The summed E-state index contributed by atoms with van der Waals surface area (Å²) in [6.45, 7) is 7.62. The second kappa shape index (κ2) is 6.68. The monoisotopic (exact) mass is 270 g/mol. The zero-order chi connectivity index (χ0) is 13.6. The van der Waals surface area contributed by atoms with Crippen molar-refractivity contribution < 1.29 is 0 Å². The average Bonchev–Trinajstić information content (AvgIpc) is 2.51. The van der Waals surface area contributed by atoms with Crippen molar-refractivity contribution in [3.05, 3.63) is 48.2 Å². The van der Waals surface area contributed by atoms with E-state index in [0.717, 1.165) is 45.9 Å². The first-order valence-electron chi connectivity index (χ1n) is 7.31. The normalized spacial score (nSPS) is 20.5. The summed E-state index contributed by atoms with van der Waals surface area (Å²) in [5, 5.41) is 0. The van der Waals surface area contributed by atoms with Gasteiger partial charge in [-0.3, -0.25) is 9.80 Å². The third-order valence-corrected chi connectivity index (χ3v) is 3.86. The van der Waals surface area contributed by atoms with Crippen LogP contribution in [0.25, 0.3) is 0 Å². The van der Waals surface area contributed by atoms with Gasteiger partial charge in [0.1, 0.15) is 0 Å². The molecule has 1 aromatic rings. The highest BCUT2D eigenvalue weighted by atomic mass is 15.4. The number of aliphatic imine (C=N–C) groups is 1. The molecular formula is C16H22N4. The van der Waals surface area contributed by atoms with Gasteiger partial charge in [-0.2, -0.15) is 0 Å². The van der Waals surface area contributed by atoms with Gasteiger partial charge in [-0.15, -0.1) is 0 Å². The smallest absolute Gasteiger partial charge is 0.0918 e. The molecule has 2 aliphatic rings. The van der Waals surface area contributed by atoms with Gasteiger partial charge in [0.15, 0.2) is 0 Å². The van der Waals surface area contributed by atoms with Crippen LogP contribution in [0.1, 0.15) is 5.56 Å². The Morgan fingerprint density at radius 3 is 2.40 bits per heavy atom. The number of nitrogens with zero attached hydrogens (tertiary/aromatic N) is 4. The summed E-state index contributed by atoms with van der Waals surface area (Å²) in [6.07, 6.45) is 5.91. The van der Waals surface area contributed by atoms with Crippen LogP contribution in [0.4, 0.5) is 0 Å². The Labute approximate surface area is 121 Å². The summed E-state index contributed by atoms with van der Waals surface area (Å²) in [7, 11) is 0. The van der Waals surface area contributed by atoms with Gasteiger partial charge in [-0.1, -0.05) is 30.3 Å². The van der Waals surface area contributed by atoms with Gasteiger partial charge in [-0.25, -0.2) is 4.99 Å². The van der Waals surface area contributed by atoms with Crippen molar-refractivity contribution in [1.82, 2.24) is 14.7 Å². The van der Waals surface area contributed by atoms with Crippen molar-refractivity contribution in [2.75, 3.05) is 39.4 Å². The summed E-state index contributed by atoms with van der Waals surface area (Å²) in [4.78, 5) is 11.5. The number of piperazine rings is 1. The Hall–Kier alpha value is -1.65. The fraction of sp³-hybridized carbons (Fsp3) is 0.438. The van der Waals surface area contributed by atoms with Crippen LogP contribution in [0.5, 0.6) is 0 Å². The van der Waals surface area contributed by atoms with E-state index in [2.05, 4.69) is 56.1 Å². The molecule has 3 rings (SSSR count). The quantitative estimate of drug-likeness (QED) is 0.830. The SMILES string of the molecule is C1=CN=CN(CN2CCN(Cc3ccccc3)CC2)C1. The van der Waals surface area contributed by atoms with Crippen LogP contribution < -0.4 is 0 Å². The van der Waals surface area contributed by atoms with Crippen LogP contribution in [0.15, 0.2) is 47.6 Å². The first kappa shape index (κ1) is 13.3. The molecular weight excluding hydrogens is 248 g/mol. The van der Waals surface area contributed by atoms with E-state index in [-0.39, 0.29) is 0 Å². The van der Waals surface area contributed by atoms with Gasteiger partial charge in [0.05, 0.1) is 13.0 Å². The van der Waals surface area contributed by atoms with E-state index in [1.807, 2.05) is 12.5 Å². The second-order valence-corrected chi connectivity index (χ2v) is 5.44. The molecule has 0 unspecified atom stereocenters. The van der Waals surface area contributed by atoms with E-state index in [0.29, 0.717) is 0 Å². The van der Waals surface area contributed by atoms with Crippen molar-refractivity contribution in [3.63, 3.8) is 0 Å². The third-order valence-electron chi connectivity index (χ3n) is 3.86. The Morgan fingerprint density at radius 1 is 0.950 bits per heavy atom. The molecule has 0 spiro atoms. The van der Waals surface area contributed by atoms with Crippen molar-refractivity contribution in [3.8, 4) is 0 Å². The van der Waals surface area contributed by atoms with E-state index in [4.69, 9.17) is 0 Å². The minimum Gasteiger partial charge on any atom is -0.346 e. The zero-order valence-electron chi connectivity index (χ0n) is 11.9. The van der Waals surface area contributed by atoms with E-state index in [9.17, 15) is 0 Å². The average molecular weight is 270 g/mol. The number of hydrogen-bond donors (Lipinski definition) is 0. The van der Waals surface area contributed by atoms with Crippen LogP contribution in [0.2, 0.25) is 0 Å². The number of hydrogen-bond acceptors (Lipinski definition) is 4. The molecule has 4 nitrogen and oxygen atoms in total. The number of rotatable bonds is 4. The molecule has 20 heavy (non-hydrogen) atoms. The lowest BCUT2D eigenvalue weighted by molar-refractivity contribution is 0.0989. The van der Waals surface area contributed by atoms with E-state index < -0.39 is 0 Å². The second-order valence-electron chi connectivity index (χ2n) is 5.44. The molecule has 0 aliphatic carbocycles. The zero-order valence-corrected chi connectivity index (χ0v) is 11.9. The molecule has 0 saturated carbocycles. The maximum Gasteiger partial charge on any atom is 0.0918 e. The van der Waals surface area contributed by atoms with Gasteiger partial charge in [0, 0.05) is 45.5 Å². The molecule has 1 aromatic carbocycles. The molecule has 0 amide bonds. The number of benzene rings is 1. The van der Waals surface area contributed by atoms with Crippen molar-refractivity contribution >= 4 is 6.34 Å². The minimum atomic E-state index is 0.980. The first-order chi connectivity index (χ1) is 9.90. The highest BCUT2D eigenvalue weighted by molar-refractivity contribution is 5.57. The van der Waals surface area contributed by atoms with Gasteiger partial charge in [-0.05, 0) is 11.6 Å². The maximum absolute atomic E-state index is 4.18. The Bertz CT molecular complexity index is 461. The molecule has 2 heterocycles. The molecule has 0 radical (unpaired) electrons. The lowest BCUT2D eigenvalue weighted by Gasteiger charge is -2.37. The Balaban J connectivity index is 1.43. The molecule has 0 atom stereocenters. The maximum atomic E-state index is 4.18. The molecule has 0 aromatic heterocycles. The summed E-state index contributed by atoms with van der Waals surface area (Å²) in [6, 6.07) is 10.7. The van der Waals surface area contributed by atoms with Crippen molar-refractivity contribution in [2.45, 2.75) is 6.54 Å². The largest absolute Gasteiger partial charge is 0.346 e. The van der Waals surface area contributed by atoms with Crippen molar-refractivity contribution in [2.24, 2.45) is 4.99 Å². The lowest BCUT2D eigenvalue weighted by atomic mass is 10.2. The predicted molar refractivity (Wildman–Crippen MR) is 82.5 cm³/mol. The summed E-state index contributed by atoms with van der Waals surface area (Å²) in [5.74, 6) is 0. The summed E-state index contributed by atoms with van der Waals surface area (Å²) < 4.78 is 0. The van der Waals surface area contributed by atoms with E-state index in [1.165, 1.54) is 5.56 Å².